The Balaban J connectivity index is 2.14. The van der Waals surface area contributed by atoms with Gasteiger partial charge >= 0.3 is 5.97 Å². The SMILES string of the molecule is COC(=O)c1ccc(NC2CC2)c(NCC(O)CO)c1. The molecule has 0 heterocycles. The molecule has 1 aliphatic carbocycles. The number of hydrogen-bond acceptors (Lipinski definition) is 6. The zero-order valence-corrected chi connectivity index (χ0v) is 11.4. The molecule has 1 fully saturated rings. The number of carbonyl (C=O) groups is 1. The molecule has 0 bridgehead atoms. The van der Waals surface area contributed by atoms with Crippen molar-refractivity contribution in [3.8, 4) is 0 Å². The molecule has 2 rings (SSSR count). The molecule has 1 aromatic carbocycles. The second kappa shape index (κ2) is 6.58. The number of nitrogens with one attached hydrogen (secondary N) is 2. The van der Waals surface area contributed by atoms with Crippen LogP contribution in [0.15, 0.2) is 18.2 Å². The average Bonchev–Trinajstić information content (AvgIpc) is 3.28. The van der Waals surface area contributed by atoms with Gasteiger partial charge in [-0.25, -0.2) is 4.79 Å². The summed E-state index contributed by atoms with van der Waals surface area (Å²) in [6, 6.07) is 5.67. The summed E-state index contributed by atoms with van der Waals surface area (Å²) < 4.78 is 4.69. The molecule has 4 N–H and O–H groups in total. The van der Waals surface area contributed by atoms with Crippen molar-refractivity contribution in [3.05, 3.63) is 23.8 Å². The Morgan fingerprint density at radius 2 is 2.20 bits per heavy atom. The fraction of sp³-hybridized carbons (Fsp3) is 0.500. The van der Waals surface area contributed by atoms with Crippen molar-refractivity contribution < 1.29 is 19.7 Å². The summed E-state index contributed by atoms with van der Waals surface area (Å²) in [6.45, 7) is -0.102. The molecule has 1 unspecified atom stereocenters. The van der Waals surface area contributed by atoms with E-state index in [4.69, 9.17) is 9.84 Å². The van der Waals surface area contributed by atoms with E-state index in [-0.39, 0.29) is 13.2 Å². The minimum atomic E-state index is -0.842. The van der Waals surface area contributed by atoms with Crippen LogP contribution in [0, 0.1) is 0 Å². The van der Waals surface area contributed by atoms with Gasteiger partial charge in [0.1, 0.15) is 0 Å². The zero-order chi connectivity index (χ0) is 14.5. The molecule has 0 radical (unpaired) electrons. The van der Waals surface area contributed by atoms with Gasteiger partial charge in [0.15, 0.2) is 0 Å². The summed E-state index contributed by atoms with van der Waals surface area (Å²) in [4.78, 5) is 11.5. The van der Waals surface area contributed by atoms with Gasteiger partial charge in [-0.15, -0.1) is 0 Å². The normalized spacial score (nSPS) is 15.6. The number of benzene rings is 1. The molecule has 0 aliphatic heterocycles. The average molecular weight is 280 g/mol. The smallest absolute Gasteiger partial charge is 0.337 e. The highest BCUT2D eigenvalue weighted by atomic mass is 16.5. The van der Waals surface area contributed by atoms with Gasteiger partial charge in [0.2, 0.25) is 0 Å². The third-order valence-corrected chi connectivity index (χ3v) is 3.12. The van der Waals surface area contributed by atoms with Gasteiger partial charge in [-0.3, -0.25) is 0 Å². The first-order valence-electron chi connectivity index (χ1n) is 6.65. The predicted octanol–water partition coefficient (Wildman–Crippen LogP) is 0.813. The minimum Gasteiger partial charge on any atom is -0.465 e. The van der Waals surface area contributed by atoms with Gasteiger partial charge in [0, 0.05) is 12.6 Å². The number of esters is 1. The lowest BCUT2D eigenvalue weighted by atomic mass is 10.1. The Morgan fingerprint density at radius 1 is 1.45 bits per heavy atom. The lowest BCUT2D eigenvalue weighted by Crippen LogP contribution is -2.23. The summed E-state index contributed by atoms with van der Waals surface area (Å²) in [5, 5.41) is 24.6. The van der Waals surface area contributed by atoms with E-state index in [1.807, 2.05) is 6.07 Å². The van der Waals surface area contributed by atoms with Gasteiger partial charge in [-0.1, -0.05) is 0 Å². The van der Waals surface area contributed by atoms with Crippen molar-refractivity contribution in [2.45, 2.75) is 25.0 Å². The third kappa shape index (κ3) is 3.85. The highest BCUT2D eigenvalue weighted by molar-refractivity contribution is 5.92. The number of rotatable bonds is 7. The Kier molecular flexibility index (Phi) is 4.81. The molecule has 6 nitrogen and oxygen atoms in total. The van der Waals surface area contributed by atoms with Crippen molar-refractivity contribution in [2.75, 3.05) is 30.9 Å². The molecular formula is C14H20N2O4. The van der Waals surface area contributed by atoms with E-state index >= 15 is 0 Å². The summed E-state index contributed by atoms with van der Waals surface area (Å²) in [7, 11) is 1.33. The number of methoxy groups -OCH3 is 1. The molecule has 0 amide bonds. The Labute approximate surface area is 117 Å². The number of carbonyl (C=O) groups excluding carboxylic acids is 1. The lowest BCUT2D eigenvalue weighted by Gasteiger charge is -2.16. The maximum Gasteiger partial charge on any atom is 0.337 e. The van der Waals surface area contributed by atoms with Gasteiger partial charge in [-0.05, 0) is 31.0 Å². The van der Waals surface area contributed by atoms with E-state index in [2.05, 4.69) is 10.6 Å². The monoisotopic (exact) mass is 280 g/mol. The van der Waals surface area contributed by atoms with Crippen LogP contribution in [-0.2, 0) is 4.74 Å². The van der Waals surface area contributed by atoms with Crippen LogP contribution in [0.3, 0.4) is 0 Å². The van der Waals surface area contributed by atoms with Crippen molar-refractivity contribution in [3.63, 3.8) is 0 Å². The number of anilines is 2. The molecule has 6 heteroatoms. The third-order valence-electron chi connectivity index (χ3n) is 3.12. The number of ether oxygens (including phenoxy) is 1. The van der Waals surface area contributed by atoms with E-state index in [0.717, 1.165) is 18.5 Å². The summed E-state index contributed by atoms with van der Waals surface area (Å²) in [6.07, 6.45) is 1.43. The van der Waals surface area contributed by atoms with E-state index in [1.165, 1.54) is 7.11 Å². The molecule has 0 saturated heterocycles. The first-order chi connectivity index (χ1) is 9.63. The van der Waals surface area contributed by atoms with Crippen molar-refractivity contribution in [1.82, 2.24) is 0 Å². The van der Waals surface area contributed by atoms with Crippen molar-refractivity contribution >= 4 is 17.3 Å². The molecular weight excluding hydrogens is 260 g/mol. The minimum absolute atomic E-state index is 0.209. The maximum absolute atomic E-state index is 11.5. The molecule has 110 valence electrons. The standard InChI is InChI=1S/C14H20N2O4/c1-20-14(19)9-2-5-12(16-10-3-4-10)13(6-9)15-7-11(18)8-17/h2,5-6,10-11,15-18H,3-4,7-8H2,1H3. The Morgan fingerprint density at radius 3 is 2.80 bits per heavy atom. The largest absolute Gasteiger partial charge is 0.465 e. The molecule has 1 saturated carbocycles. The Bertz CT molecular complexity index is 474. The molecule has 0 aromatic heterocycles. The number of aliphatic hydroxyl groups excluding tert-OH is 2. The van der Waals surface area contributed by atoms with Gasteiger partial charge in [-0.2, -0.15) is 0 Å². The van der Waals surface area contributed by atoms with E-state index in [1.54, 1.807) is 12.1 Å². The van der Waals surface area contributed by atoms with Crippen LogP contribution in [0.4, 0.5) is 11.4 Å². The van der Waals surface area contributed by atoms with Crippen molar-refractivity contribution in [2.24, 2.45) is 0 Å². The Hall–Kier alpha value is -1.79. The van der Waals surface area contributed by atoms with Crippen LogP contribution in [0.2, 0.25) is 0 Å². The van der Waals surface area contributed by atoms with Gasteiger partial charge in [0.05, 0.1) is 36.8 Å². The maximum atomic E-state index is 11.5. The fourth-order valence-corrected chi connectivity index (χ4v) is 1.80. The number of hydrogen-bond donors (Lipinski definition) is 4. The first-order valence-corrected chi connectivity index (χ1v) is 6.65. The predicted molar refractivity (Wildman–Crippen MR) is 76.0 cm³/mol. The molecule has 1 atom stereocenters. The quantitative estimate of drug-likeness (QED) is 0.553. The molecule has 1 aliphatic rings. The van der Waals surface area contributed by atoms with Crippen LogP contribution in [0.5, 0.6) is 0 Å². The summed E-state index contributed by atoms with van der Waals surface area (Å²) >= 11 is 0. The van der Waals surface area contributed by atoms with Gasteiger partial charge in [0.25, 0.3) is 0 Å². The lowest BCUT2D eigenvalue weighted by molar-refractivity contribution is 0.0601. The first kappa shape index (κ1) is 14.6. The summed E-state index contributed by atoms with van der Waals surface area (Å²) in [5.41, 5.74) is 2.03. The highest BCUT2D eigenvalue weighted by Crippen LogP contribution is 2.30. The zero-order valence-electron chi connectivity index (χ0n) is 11.4. The van der Waals surface area contributed by atoms with Crippen LogP contribution in [0.25, 0.3) is 0 Å². The second-order valence-electron chi connectivity index (χ2n) is 4.89. The van der Waals surface area contributed by atoms with Crippen LogP contribution >= 0.6 is 0 Å². The van der Waals surface area contributed by atoms with Crippen LogP contribution in [-0.4, -0.2) is 48.6 Å². The van der Waals surface area contributed by atoms with Crippen LogP contribution in [0.1, 0.15) is 23.2 Å². The number of aliphatic hydroxyl groups is 2. The molecule has 1 aromatic rings. The summed E-state index contributed by atoms with van der Waals surface area (Å²) in [5.74, 6) is -0.409. The van der Waals surface area contributed by atoms with Crippen molar-refractivity contribution in [1.29, 1.82) is 0 Å². The second-order valence-corrected chi connectivity index (χ2v) is 4.89. The van der Waals surface area contributed by atoms with E-state index in [0.29, 0.717) is 17.3 Å². The van der Waals surface area contributed by atoms with Crippen LogP contribution < -0.4 is 10.6 Å². The van der Waals surface area contributed by atoms with Gasteiger partial charge < -0.3 is 25.6 Å². The molecule has 0 spiro atoms. The molecule has 20 heavy (non-hydrogen) atoms. The van der Waals surface area contributed by atoms with E-state index < -0.39 is 12.1 Å². The topological polar surface area (TPSA) is 90.8 Å². The fourth-order valence-electron chi connectivity index (χ4n) is 1.80. The highest BCUT2D eigenvalue weighted by Gasteiger charge is 2.22. The van der Waals surface area contributed by atoms with E-state index in [9.17, 15) is 9.90 Å².